The Balaban J connectivity index is 3.00. The second kappa shape index (κ2) is 3.78. The van der Waals surface area contributed by atoms with Gasteiger partial charge in [0.15, 0.2) is 0 Å². The van der Waals surface area contributed by atoms with Gasteiger partial charge in [-0.1, -0.05) is 0 Å². The normalized spacial score (nSPS) is 9.50. The van der Waals surface area contributed by atoms with Gasteiger partial charge in [-0.3, -0.25) is 4.79 Å². The predicted molar refractivity (Wildman–Crippen MR) is 48.6 cm³/mol. The number of nitrogen functional groups attached to an aromatic ring is 1. The topological polar surface area (TPSA) is 89.6 Å². The fourth-order valence-corrected chi connectivity index (χ4v) is 0.903. The maximum absolute atomic E-state index is 11.2. The fourth-order valence-electron chi connectivity index (χ4n) is 0.903. The Labute approximate surface area is 80.1 Å². The van der Waals surface area contributed by atoms with Crippen molar-refractivity contribution in [2.75, 3.05) is 5.73 Å². The third-order valence-corrected chi connectivity index (χ3v) is 1.48. The van der Waals surface area contributed by atoms with Gasteiger partial charge in [0.05, 0.1) is 0 Å². The number of anilines is 1. The number of phenols is 1. The highest BCUT2D eigenvalue weighted by Gasteiger charge is 2.14. The minimum absolute atomic E-state index is 0.125. The average Bonchev–Trinajstić information content (AvgIpc) is 2.08. The highest BCUT2D eigenvalue weighted by Crippen LogP contribution is 2.20. The molecule has 0 aliphatic rings. The molecule has 3 N–H and O–H groups in total. The van der Waals surface area contributed by atoms with Gasteiger partial charge in [-0.15, -0.1) is 0 Å². The SMILES string of the molecule is CC(=O)OC(=O)c1cc(N)ccc1O. The van der Waals surface area contributed by atoms with E-state index in [9.17, 15) is 14.7 Å². The van der Waals surface area contributed by atoms with Crippen molar-refractivity contribution in [2.45, 2.75) is 6.92 Å². The Kier molecular flexibility index (Phi) is 2.71. The number of benzene rings is 1. The maximum atomic E-state index is 11.2. The third-order valence-electron chi connectivity index (χ3n) is 1.48. The van der Waals surface area contributed by atoms with Crippen LogP contribution in [-0.4, -0.2) is 17.0 Å². The molecular formula is C9H9NO4. The molecule has 0 aliphatic carbocycles. The molecule has 1 rings (SSSR count). The number of carbonyl (C=O) groups excluding carboxylic acids is 2. The molecule has 0 aromatic heterocycles. The largest absolute Gasteiger partial charge is 0.507 e. The Morgan fingerprint density at radius 3 is 2.64 bits per heavy atom. The highest BCUT2D eigenvalue weighted by atomic mass is 16.6. The molecule has 0 radical (unpaired) electrons. The number of hydrogen-bond donors (Lipinski definition) is 2. The van der Waals surface area contributed by atoms with Crippen LogP contribution in [0.25, 0.3) is 0 Å². The molecule has 0 saturated carbocycles. The van der Waals surface area contributed by atoms with Gasteiger partial charge >= 0.3 is 11.9 Å². The van der Waals surface area contributed by atoms with Crippen LogP contribution in [0, 0.1) is 0 Å². The predicted octanol–water partition coefficient (Wildman–Crippen LogP) is 0.678. The van der Waals surface area contributed by atoms with Gasteiger partial charge in [-0.2, -0.15) is 0 Å². The first kappa shape index (κ1) is 10.0. The number of rotatable bonds is 1. The van der Waals surface area contributed by atoms with Gasteiger partial charge in [0.25, 0.3) is 0 Å². The van der Waals surface area contributed by atoms with E-state index in [0.29, 0.717) is 5.69 Å². The summed E-state index contributed by atoms with van der Waals surface area (Å²) < 4.78 is 4.28. The summed E-state index contributed by atoms with van der Waals surface area (Å²) in [5, 5.41) is 9.25. The molecular weight excluding hydrogens is 186 g/mol. The van der Waals surface area contributed by atoms with Crippen LogP contribution in [0.5, 0.6) is 5.75 Å². The van der Waals surface area contributed by atoms with Crippen LogP contribution in [0.3, 0.4) is 0 Å². The van der Waals surface area contributed by atoms with Crippen molar-refractivity contribution in [3.8, 4) is 5.75 Å². The molecule has 5 heteroatoms. The van der Waals surface area contributed by atoms with Crippen molar-refractivity contribution >= 4 is 17.6 Å². The van der Waals surface area contributed by atoms with E-state index >= 15 is 0 Å². The van der Waals surface area contributed by atoms with Crippen molar-refractivity contribution in [1.29, 1.82) is 0 Å². The Morgan fingerprint density at radius 2 is 2.07 bits per heavy atom. The van der Waals surface area contributed by atoms with E-state index in [4.69, 9.17) is 5.73 Å². The number of nitrogens with two attached hydrogens (primary N) is 1. The van der Waals surface area contributed by atoms with Crippen LogP contribution in [0.15, 0.2) is 18.2 Å². The molecule has 0 spiro atoms. The van der Waals surface area contributed by atoms with Crippen molar-refractivity contribution in [1.82, 2.24) is 0 Å². The van der Waals surface area contributed by atoms with Crippen LogP contribution < -0.4 is 5.73 Å². The average molecular weight is 195 g/mol. The molecule has 0 unspecified atom stereocenters. The fraction of sp³-hybridized carbons (Fsp3) is 0.111. The lowest BCUT2D eigenvalue weighted by molar-refractivity contribution is -0.135. The zero-order chi connectivity index (χ0) is 10.7. The van der Waals surface area contributed by atoms with Crippen molar-refractivity contribution in [2.24, 2.45) is 0 Å². The van der Waals surface area contributed by atoms with E-state index < -0.39 is 11.9 Å². The van der Waals surface area contributed by atoms with Crippen LogP contribution in [0.4, 0.5) is 5.69 Å². The van der Waals surface area contributed by atoms with Crippen LogP contribution >= 0.6 is 0 Å². The molecule has 0 heterocycles. The molecule has 1 aromatic rings. The molecule has 74 valence electrons. The van der Waals surface area contributed by atoms with E-state index in [1.54, 1.807) is 0 Å². The van der Waals surface area contributed by atoms with Crippen LogP contribution in [0.2, 0.25) is 0 Å². The zero-order valence-electron chi connectivity index (χ0n) is 7.48. The number of aromatic hydroxyl groups is 1. The molecule has 0 amide bonds. The molecule has 14 heavy (non-hydrogen) atoms. The lowest BCUT2D eigenvalue weighted by Gasteiger charge is -2.03. The Hall–Kier alpha value is -2.04. The van der Waals surface area contributed by atoms with Gasteiger partial charge in [-0.25, -0.2) is 4.79 Å². The molecule has 0 atom stereocenters. The number of hydrogen-bond acceptors (Lipinski definition) is 5. The second-order valence-electron chi connectivity index (χ2n) is 2.66. The van der Waals surface area contributed by atoms with Crippen molar-refractivity contribution in [3.05, 3.63) is 23.8 Å². The van der Waals surface area contributed by atoms with E-state index in [1.165, 1.54) is 18.2 Å². The van der Waals surface area contributed by atoms with Gasteiger partial charge in [0.2, 0.25) is 0 Å². The summed E-state index contributed by atoms with van der Waals surface area (Å²) >= 11 is 0. The second-order valence-corrected chi connectivity index (χ2v) is 2.66. The molecule has 0 aliphatic heterocycles. The van der Waals surface area contributed by atoms with Gasteiger partial charge < -0.3 is 15.6 Å². The summed E-state index contributed by atoms with van der Waals surface area (Å²) in [4.78, 5) is 21.6. The summed E-state index contributed by atoms with van der Waals surface area (Å²) in [6.45, 7) is 1.10. The Bertz CT molecular complexity index is 386. The summed E-state index contributed by atoms with van der Waals surface area (Å²) in [7, 11) is 0. The minimum Gasteiger partial charge on any atom is -0.507 e. The smallest absolute Gasteiger partial charge is 0.349 e. The standard InChI is InChI=1S/C9H9NO4/c1-5(11)14-9(13)7-4-6(10)2-3-8(7)12/h2-4,12H,10H2,1H3. The van der Waals surface area contributed by atoms with Crippen molar-refractivity contribution in [3.63, 3.8) is 0 Å². The monoisotopic (exact) mass is 195 g/mol. The first-order valence-electron chi connectivity index (χ1n) is 3.82. The molecule has 1 aromatic carbocycles. The highest BCUT2D eigenvalue weighted by molar-refractivity contribution is 5.98. The summed E-state index contributed by atoms with van der Waals surface area (Å²) in [6.07, 6.45) is 0. The van der Waals surface area contributed by atoms with Crippen LogP contribution in [-0.2, 0) is 9.53 Å². The summed E-state index contributed by atoms with van der Waals surface area (Å²) in [5.41, 5.74) is 5.57. The van der Waals surface area contributed by atoms with E-state index in [-0.39, 0.29) is 11.3 Å². The maximum Gasteiger partial charge on any atom is 0.349 e. The first-order chi connectivity index (χ1) is 6.50. The minimum atomic E-state index is -0.915. The summed E-state index contributed by atoms with van der Waals surface area (Å²) in [6, 6.07) is 3.92. The van der Waals surface area contributed by atoms with Gasteiger partial charge in [0.1, 0.15) is 11.3 Å². The number of esters is 2. The molecule has 0 fully saturated rings. The van der Waals surface area contributed by atoms with Crippen molar-refractivity contribution < 1.29 is 19.4 Å². The number of carbonyl (C=O) groups is 2. The Morgan fingerprint density at radius 1 is 1.43 bits per heavy atom. The lowest BCUT2D eigenvalue weighted by atomic mass is 10.2. The zero-order valence-corrected chi connectivity index (χ0v) is 7.48. The van der Waals surface area contributed by atoms with Gasteiger partial charge in [0, 0.05) is 12.6 Å². The molecule has 5 nitrogen and oxygen atoms in total. The van der Waals surface area contributed by atoms with E-state index in [1.807, 2.05) is 0 Å². The quantitative estimate of drug-likeness (QED) is 0.297. The van der Waals surface area contributed by atoms with Gasteiger partial charge in [-0.05, 0) is 18.2 Å². The molecule has 0 saturated heterocycles. The molecule has 0 bridgehead atoms. The van der Waals surface area contributed by atoms with E-state index in [0.717, 1.165) is 6.92 Å². The number of phenolic OH excluding ortho intramolecular Hbond substituents is 1. The first-order valence-corrected chi connectivity index (χ1v) is 3.82. The summed E-state index contributed by atoms with van der Waals surface area (Å²) in [5.74, 6) is -1.93. The lowest BCUT2D eigenvalue weighted by Crippen LogP contribution is -2.09. The van der Waals surface area contributed by atoms with E-state index in [2.05, 4.69) is 4.74 Å². The van der Waals surface area contributed by atoms with Crippen LogP contribution in [0.1, 0.15) is 17.3 Å². The number of ether oxygens (including phenoxy) is 1. The third kappa shape index (κ3) is 2.22.